The van der Waals surface area contributed by atoms with Crippen LogP contribution in [0.2, 0.25) is 0 Å². The van der Waals surface area contributed by atoms with Gasteiger partial charge in [-0.3, -0.25) is 0 Å². The normalized spacial score (nSPS) is 11.5. The van der Waals surface area contributed by atoms with Crippen LogP contribution in [0.5, 0.6) is 0 Å². The Morgan fingerprint density at radius 1 is 0.731 bits per heavy atom. The summed E-state index contributed by atoms with van der Waals surface area (Å²) in [6, 6.07) is 23.5. The van der Waals surface area contributed by atoms with Gasteiger partial charge in [0.25, 0.3) is 0 Å². The molecule has 4 N–H and O–H groups in total. The molecular weight excluding hydrogens is 316 g/mol. The molecule has 0 aliphatic carbocycles. The molecule has 0 bridgehead atoms. The smallest absolute Gasteiger partial charge is 0.0376 e. The Hall–Kier alpha value is -2.74. The Labute approximate surface area is 156 Å². The molecule has 0 aliphatic heterocycles. The molecule has 0 amide bonds. The number of anilines is 2. The van der Waals surface area contributed by atoms with Gasteiger partial charge in [0.15, 0.2) is 0 Å². The zero-order valence-electron chi connectivity index (χ0n) is 15.9. The molecule has 0 atom stereocenters. The summed E-state index contributed by atoms with van der Waals surface area (Å²) in [7, 11) is 0. The van der Waals surface area contributed by atoms with Gasteiger partial charge in [0.2, 0.25) is 0 Å². The predicted molar refractivity (Wildman–Crippen MR) is 112 cm³/mol. The van der Waals surface area contributed by atoms with Crippen LogP contribution in [-0.2, 0) is 18.3 Å². The zero-order chi connectivity index (χ0) is 18.7. The third-order valence-corrected chi connectivity index (χ3v) is 5.33. The summed E-state index contributed by atoms with van der Waals surface area (Å²) in [6.07, 6.45) is 2.11. The minimum absolute atomic E-state index is 0.166. The zero-order valence-corrected chi connectivity index (χ0v) is 15.9. The summed E-state index contributed by atoms with van der Waals surface area (Å²) in [5, 5.41) is 0. The van der Waals surface area contributed by atoms with Crippen molar-refractivity contribution < 1.29 is 0 Å². The van der Waals surface area contributed by atoms with E-state index in [1.807, 2.05) is 13.0 Å². The van der Waals surface area contributed by atoms with E-state index in [9.17, 15) is 0 Å². The van der Waals surface area contributed by atoms with Gasteiger partial charge in [-0.2, -0.15) is 0 Å². The van der Waals surface area contributed by atoms with Crippen LogP contribution in [0, 0.1) is 6.92 Å². The van der Waals surface area contributed by atoms with Crippen molar-refractivity contribution in [2.24, 2.45) is 0 Å². The minimum atomic E-state index is -0.166. The first-order valence-electron chi connectivity index (χ1n) is 9.17. The maximum atomic E-state index is 6.28. The molecule has 0 radical (unpaired) electrons. The van der Waals surface area contributed by atoms with Crippen molar-refractivity contribution in [1.82, 2.24) is 0 Å². The quantitative estimate of drug-likeness (QED) is 0.619. The van der Waals surface area contributed by atoms with Crippen LogP contribution in [0.1, 0.15) is 41.7 Å². The molecule has 0 aliphatic rings. The highest BCUT2D eigenvalue weighted by atomic mass is 14.6. The van der Waals surface area contributed by atoms with Crippen LogP contribution in [0.15, 0.2) is 66.7 Å². The molecule has 2 nitrogen and oxygen atoms in total. The van der Waals surface area contributed by atoms with Crippen molar-refractivity contribution in [2.75, 3.05) is 11.5 Å². The van der Waals surface area contributed by atoms with E-state index in [0.29, 0.717) is 0 Å². The van der Waals surface area contributed by atoms with E-state index in [-0.39, 0.29) is 5.41 Å². The third-order valence-electron chi connectivity index (χ3n) is 5.33. The molecule has 3 aromatic carbocycles. The van der Waals surface area contributed by atoms with E-state index in [4.69, 9.17) is 11.5 Å². The van der Waals surface area contributed by atoms with Gasteiger partial charge in [0, 0.05) is 16.8 Å². The number of benzene rings is 3. The second kappa shape index (κ2) is 7.25. The van der Waals surface area contributed by atoms with E-state index < -0.39 is 0 Å². The fourth-order valence-electron chi connectivity index (χ4n) is 3.46. The summed E-state index contributed by atoms with van der Waals surface area (Å²) >= 11 is 0. The molecule has 3 rings (SSSR count). The number of rotatable bonds is 5. The average molecular weight is 345 g/mol. The van der Waals surface area contributed by atoms with Crippen molar-refractivity contribution in [3.05, 3.63) is 94.5 Å². The molecule has 3 aromatic rings. The monoisotopic (exact) mass is 344 g/mol. The average Bonchev–Trinajstić information content (AvgIpc) is 2.64. The van der Waals surface area contributed by atoms with E-state index in [2.05, 4.69) is 74.5 Å². The van der Waals surface area contributed by atoms with Gasteiger partial charge >= 0.3 is 0 Å². The molecule has 0 fully saturated rings. The highest BCUT2D eigenvalue weighted by molar-refractivity contribution is 5.64. The van der Waals surface area contributed by atoms with E-state index in [0.717, 1.165) is 35.3 Å². The maximum Gasteiger partial charge on any atom is 0.0376 e. The Kier molecular flexibility index (Phi) is 5.03. The van der Waals surface area contributed by atoms with Crippen molar-refractivity contribution in [2.45, 2.75) is 39.0 Å². The summed E-state index contributed by atoms with van der Waals surface area (Å²) in [6.45, 7) is 6.46. The Morgan fingerprint density at radius 3 is 1.92 bits per heavy atom. The molecule has 0 unspecified atom stereocenters. The van der Waals surface area contributed by atoms with Crippen molar-refractivity contribution in [3.8, 4) is 0 Å². The van der Waals surface area contributed by atoms with E-state index in [1.165, 1.54) is 16.7 Å². The van der Waals surface area contributed by atoms with Crippen molar-refractivity contribution >= 4 is 11.4 Å². The molecule has 26 heavy (non-hydrogen) atoms. The summed E-state index contributed by atoms with van der Waals surface area (Å²) in [5.41, 5.74) is 19.8. The largest absolute Gasteiger partial charge is 0.398 e. The highest BCUT2D eigenvalue weighted by Crippen LogP contribution is 2.37. The molecular formula is C24H28N2. The van der Waals surface area contributed by atoms with Gasteiger partial charge in [0.05, 0.1) is 0 Å². The number of hydrogen-bond acceptors (Lipinski definition) is 2. The Balaban J connectivity index is 1.80. The van der Waals surface area contributed by atoms with Crippen LogP contribution >= 0.6 is 0 Å². The van der Waals surface area contributed by atoms with Crippen molar-refractivity contribution in [3.63, 3.8) is 0 Å². The minimum Gasteiger partial charge on any atom is -0.398 e. The fourth-order valence-corrected chi connectivity index (χ4v) is 3.46. The number of nitrogens with two attached hydrogens (primary N) is 2. The first kappa shape index (κ1) is 18.1. The molecule has 0 spiro atoms. The predicted octanol–water partition coefficient (Wildman–Crippen LogP) is 5.27. The van der Waals surface area contributed by atoms with Gasteiger partial charge in [0.1, 0.15) is 0 Å². The molecule has 134 valence electrons. The number of aryl methyl sites for hydroxylation is 3. The first-order valence-corrected chi connectivity index (χ1v) is 9.17. The van der Waals surface area contributed by atoms with Crippen molar-refractivity contribution in [1.29, 1.82) is 0 Å². The lowest BCUT2D eigenvalue weighted by Gasteiger charge is -2.28. The summed E-state index contributed by atoms with van der Waals surface area (Å²) in [5.74, 6) is 0. The second-order valence-corrected chi connectivity index (χ2v) is 7.60. The van der Waals surface area contributed by atoms with E-state index >= 15 is 0 Å². The SMILES string of the molecule is Cc1cc(C(C)(C)c2ccc(CCc3ccccc3)cc2)c(N)cc1N. The lowest BCUT2D eigenvalue weighted by atomic mass is 9.76. The van der Waals surface area contributed by atoms with E-state index in [1.54, 1.807) is 0 Å². The highest BCUT2D eigenvalue weighted by Gasteiger charge is 2.26. The van der Waals surface area contributed by atoms with Crippen LogP contribution < -0.4 is 11.5 Å². The van der Waals surface area contributed by atoms with Crippen LogP contribution in [-0.4, -0.2) is 0 Å². The Morgan fingerprint density at radius 2 is 1.31 bits per heavy atom. The van der Waals surface area contributed by atoms with Gasteiger partial charge in [-0.15, -0.1) is 0 Å². The fraction of sp³-hybridized carbons (Fsp3) is 0.250. The molecule has 0 aromatic heterocycles. The second-order valence-electron chi connectivity index (χ2n) is 7.60. The van der Waals surface area contributed by atoms with Crippen LogP contribution in [0.3, 0.4) is 0 Å². The summed E-state index contributed by atoms with van der Waals surface area (Å²) < 4.78 is 0. The van der Waals surface area contributed by atoms with Gasteiger partial charge in [-0.05, 0) is 53.6 Å². The molecule has 0 saturated carbocycles. The third kappa shape index (κ3) is 3.75. The van der Waals surface area contributed by atoms with Gasteiger partial charge in [-0.25, -0.2) is 0 Å². The first-order chi connectivity index (χ1) is 12.4. The van der Waals surface area contributed by atoms with Crippen LogP contribution in [0.4, 0.5) is 11.4 Å². The van der Waals surface area contributed by atoms with Crippen LogP contribution in [0.25, 0.3) is 0 Å². The Bertz CT molecular complexity index is 878. The lowest BCUT2D eigenvalue weighted by molar-refractivity contribution is 0.642. The number of nitrogen functional groups attached to an aromatic ring is 2. The lowest BCUT2D eigenvalue weighted by Crippen LogP contribution is -2.21. The topological polar surface area (TPSA) is 52.0 Å². The van der Waals surface area contributed by atoms with Gasteiger partial charge < -0.3 is 11.5 Å². The summed E-state index contributed by atoms with van der Waals surface area (Å²) in [4.78, 5) is 0. The standard InChI is InChI=1S/C24H28N2/c1-17-15-21(23(26)16-22(17)25)24(2,3)20-13-11-19(12-14-20)10-9-18-7-5-4-6-8-18/h4-8,11-16H,9-10,25-26H2,1-3H3. The molecule has 0 saturated heterocycles. The molecule has 2 heteroatoms. The number of hydrogen-bond donors (Lipinski definition) is 2. The van der Waals surface area contributed by atoms with Gasteiger partial charge in [-0.1, -0.05) is 74.5 Å². The molecule has 0 heterocycles. The maximum absolute atomic E-state index is 6.28.